The number of benzene rings is 3. The zero-order valence-corrected chi connectivity index (χ0v) is 27.0. The predicted octanol–water partition coefficient (Wildman–Crippen LogP) is 8.95. The summed E-state index contributed by atoms with van der Waals surface area (Å²) in [5, 5.41) is 20.8. The van der Waals surface area contributed by atoms with Gasteiger partial charge in [-0.15, -0.1) is 35.1 Å². The first-order valence-electron chi connectivity index (χ1n) is 14.8. The van der Waals surface area contributed by atoms with E-state index in [4.69, 9.17) is 0 Å². The second-order valence-corrected chi connectivity index (χ2v) is 13.8. The average Bonchev–Trinajstić information content (AvgIpc) is 3.65. The van der Waals surface area contributed by atoms with E-state index in [1.807, 2.05) is 23.6 Å². The Morgan fingerprint density at radius 1 is 0.930 bits per heavy atom. The largest absolute Gasteiger partial charge is 0.385 e. The molecule has 0 bridgehead atoms. The first-order chi connectivity index (χ1) is 20.3. The quantitative estimate of drug-likeness (QED) is 0.206. The lowest BCUT2D eigenvalue weighted by Gasteiger charge is -2.44. The molecule has 5 aromatic rings. The highest BCUT2D eigenvalue weighted by molar-refractivity contribution is 7.17. The Morgan fingerprint density at radius 3 is 2.30 bits per heavy atom. The molecule has 4 atom stereocenters. The van der Waals surface area contributed by atoms with Crippen LogP contribution in [0.3, 0.4) is 0 Å². The molecule has 2 aromatic heterocycles. The van der Waals surface area contributed by atoms with Crippen LogP contribution in [-0.2, 0) is 12.1 Å². The maximum Gasteiger partial charge on any atom is 0.124 e. The molecular weight excluding hydrogens is 602 g/mol. The lowest BCUT2D eigenvalue weighted by atomic mass is 9.76. The Labute approximate surface area is 267 Å². The number of thiophene rings is 2. The van der Waals surface area contributed by atoms with Gasteiger partial charge in [-0.05, 0) is 107 Å². The van der Waals surface area contributed by atoms with Gasteiger partial charge < -0.3 is 10.4 Å². The first kappa shape index (κ1) is 32.0. The molecule has 7 rings (SSSR count). The fourth-order valence-corrected chi connectivity index (χ4v) is 8.72. The summed E-state index contributed by atoms with van der Waals surface area (Å²) in [7, 11) is 0. The van der Waals surface area contributed by atoms with E-state index in [1.54, 1.807) is 40.9 Å². The number of likely N-dealkylation sites (tertiary alicyclic amines) is 1. The highest BCUT2D eigenvalue weighted by Crippen LogP contribution is 2.43. The molecule has 2 aliphatic rings. The Hall–Kier alpha value is -2.39. The number of piperidine rings is 2. The van der Waals surface area contributed by atoms with Crippen molar-refractivity contribution in [1.29, 1.82) is 0 Å². The fourth-order valence-electron chi connectivity index (χ4n) is 6.78. The summed E-state index contributed by atoms with van der Waals surface area (Å²) in [6.45, 7) is 8.89. The van der Waals surface area contributed by atoms with Gasteiger partial charge in [0.05, 0.1) is 5.60 Å². The van der Waals surface area contributed by atoms with Gasteiger partial charge in [-0.1, -0.05) is 44.2 Å². The number of nitrogens with one attached hydrogen (secondary N) is 1. The van der Waals surface area contributed by atoms with Crippen LogP contribution < -0.4 is 5.32 Å². The Bertz CT molecular complexity index is 1660. The van der Waals surface area contributed by atoms with Gasteiger partial charge in [-0.25, -0.2) is 8.78 Å². The van der Waals surface area contributed by atoms with Gasteiger partial charge in [0, 0.05) is 40.5 Å². The molecule has 2 saturated heterocycles. The van der Waals surface area contributed by atoms with Crippen molar-refractivity contribution in [2.75, 3.05) is 26.2 Å². The molecule has 8 heteroatoms. The van der Waals surface area contributed by atoms with Gasteiger partial charge in [0.1, 0.15) is 11.6 Å². The average molecular weight is 641 g/mol. The minimum atomic E-state index is -0.974. The molecule has 3 aromatic carbocycles. The number of hydrogen-bond donors (Lipinski definition) is 2. The molecule has 0 radical (unpaired) electrons. The number of rotatable bonds is 4. The highest BCUT2D eigenvalue weighted by atomic mass is 35.5. The normalized spacial score (nSPS) is 24.3. The van der Waals surface area contributed by atoms with Gasteiger partial charge in [0.2, 0.25) is 0 Å². The summed E-state index contributed by atoms with van der Waals surface area (Å²) < 4.78 is 30.0. The van der Waals surface area contributed by atoms with Crippen LogP contribution in [0.1, 0.15) is 49.3 Å². The molecule has 0 amide bonds. The molecule has 4 heterocycles. The Kier molecular flexibility index (Phi) is 10.2. The topological polar surface area (TPSA) is 35.5 Å². The number of nitrogens with zero attached hydrogens (tertiary/aromatic N) is 1. The smallest absolute Gasteiger partial charge is 0.124 e. The predicted molar refractivity (Wildman–Crippen MR) is 180 cm³/mol. The van der Waals surface area contributed by atoms with Crippen LogP contribution in [0.15, 0.2) is 77.5 Å². The van der Waals surface area contributed by atoms with Crippen molar-refractivity contribution in [3.8, 4) is 0 Å². The summed E-state index contributed by atoms with van der Waals surface area (Å²) in [5.74, 6) is 0.742. The van der Waals surface area contributed by atoms with Crippen molar-refractivity contribution in [1.82, 2.24) is 10.2 Å². The maximum absolute atomic E-state index is 14.1. The summed E-state index contributed by atoms with van der Waals surface area (Å²) in [6.07, 6.45) is 1.73. The number of aliphatic hydroxyl groups is 1. The SMILES string of the molecule is CC1CN(Cc2ccccc2)CCC1(O)c1cc(F)cc2ccsc12.CC1CNCCC1c1cc(F)cc2ccsc12.Cl. The lowest BCUT2D eigenvalue weighted by molar-refractivity contribution is -0.0718. The Morgan fingerprint density at radius 2 is 1.60 bits per heavy atom. The maximum atomic E-state index is 14.1. The molecule has 0 aliphatic carbocycles. The van der Waals surface area contributed by atoms with E-state index in [-0.39, 0.29) is 30.0 Å². The second kappa shape index (κ2) is 13.7. The summed E-state index contributed by atoms with van der Waals surface area (Å²) in [6, 6.07) is 20.8. The first-order valence-corrected chi connectivity index (χ1v) is 16.6. The zero-order chi connectivity index (χ0) is 29.3. The zero-order valence-electron chi connectivity index (χ0n) is 24.6. The molecule has 2 fully saturated rings. The molecule has 4 unspecified atom stereocenters. The van der Waals surface area contributed by atoms with E-state index in [0.717, 1.165) is 60.2 Å². The van der Waals surface area contributed by atoms with Gasteiger partial charge >= 0.3 is 0 Å². The molecular formula is C35H39ClF2N2OS2. The van der Waals surface area contributed by atoms with Crippen LogP contribution in [0.5, 0.6) is 0 Å². The number of hydrogen-bond acceptors (Lipinski definition) is 5. The molecule has 0 spiro atoms. The van der Waals surface area contributed by atoms with Crippen molar-refractivity contribution in [3.63, 3.8) is 0 Å². The van der Waals surface area contributed by atoms with E-state index in [0.29, 0.717) is 18.3 Å². The van der Waals surface area contributed by atoms with E-state index in [2.05, 4.69) is 53.7 Å². The van der Waals surface area contributed by atoms with Crippen LogP contribution in [0.25, 0.3) is 20.2 Å². The van der Waals surface area contributed by atoms with E-state index in [1.165, 1.54) is 21.9 Å². The molecule has 0 saturated carbocycles. The van der Waals surface area contributed by atoms with Gasteiger partial charge in [-0.3, -0.25) is 4.90 Å². The van der Waals surface area contributed by atoms with Gasteiger partial charge in [0.15, 0.2) is 0 Å². The molecule has 2 N–H and O–H groups in total. The van der Waals surface area contributed by atoms with Gasteiger partial charge in [-0.2, -0.15) is 0 Å². The van der Waals surface area contributed by atoms with E-state index >= 15 is 0 Å². The monoisotopic (exact) mass is 640 g/mol. The van der Waals surface area contributed by atoms with E-state index in [9.17, 15) is 13.9 Å². The van der Waals surface area contributed by atoms with Crippen LogP contribution >= 0.6 is 35.1 Å². The fraction of sp³-hybridized carbons (Fsp3) is 0.371. The third kappa shape index (κ3) is 6.82. The lowest BCUT2D eigenvalue weighted by Crippen LogP contribution is -2.48. The molecule has 3 nitrogen and oxygen atoms in total. The van der Waals surface area contributed by atoms with E-state index < -0.39 is 5.60 Å². The van der Waals surface area contributed by atoms with Crippen LogP contribution in [0.4, 0.5) is 8.78 Å². The highest BCUT2D eigenvalue weighted by Gasteiger charge is 2.41. The minimum Gasteiger partial charge on any atom is -0.385 e. The van der Waals surface area contributed by atoms with Crippen molar-refractivity contribution in [2.24, 2.45) is 11.8 Å². The van der Waals surface area contributed by atoms with Crippen molar-refractivity contribution in [3.05, 3.63) is 106 Å². The third-order valence-corrected chi connectivity index (χ3v) is 11.1. The van der Waals surface area contributed by atoms with Crippen LogP contribution in [-0.4, -0.2) is 36.2 Å². The molecule has 2 aliphatic heterocycles. The minimum absolute atomic E-state index is 0. The molecule has 43 heavy (non-hydrogen) atoms. The standard InChI is InChI=1S/C21H22FNOS.C14H16FNS.ClH/c1-15-13-23(14-16-5-3-2-4-6-16)9-8-21(15,24)19-12-18(22)11-17-7-10-25-20(17)19;1-9-8-16-4-2-12(9)13-7-11(15)6-10-3-5-17-14(10)13;/h2-7,10-12,15,24H,8-9,13-14H2,1H3;3,5-7,9,12,16H,2,4,8H2,1H3;1H. The van der Waals surface area contributed by atoms with Crippen molar-refractivity contribution < 1.29 is 13.9 Å². The Balaban J connectivity index is 0.000000179. The number of fused-ring (bicyclic) bond motifs is 2. The van der Waals surface area contributed by atoms with Gasteiger partial charge in [0.25, 0.3) is 0 Å². The summed E-state index contributed by atoms with van der Waals surface area (Å²) >= 11 is 3.31. The van der Waals surface area contributed by atoms with Crippen LogP contribution in [0, 0.1) is 23.5 Å². The van der Waals surface area contributed by atoms with Crippen molar-refractivity contribution in [2.45, 2.75) is 44.8 Å². The van der Waals surface area contributed by atoms with Crippen LogP contribution in [0.2, 0.25) is 0 Å². The van der Waals surface area contributed by atoms with Crippen molar-refractivity contribution >= 4 is 55.3 Å². The summed E-state index contributed by atoms with van der Waals surface area (Å²) in [5.41, 5.74) is 2.28. The second-order valence-electron chi connectivity index (χ2n) is 12.0. The molecule has 228 valence electrons. The number of halogens is 3. The third-order valence-electron chi connectivity index (χ3n) is 9.12. The summed E-state index contributed by atoms with van der Waals surface area (Å²) in [4.78, 5) is 2.37.